The summed E-state index contributed by atoms with van der Waals surface area (Å²) in [5.41, 5.74) is 0. The van der Waals surface area contributed by atoms with Gasteiger partial charge in [0, 0.05) is 19.4 Å². The lowest BCUT2D eigenvalue weighted by Gasteiger charge is -2.37. The molecule has 1 heterocycles. The smallest absolute Gasteiger partial charge is 0.379 e. The Hall–Kier alpha value is -0.0100. The van der Waals surface area contributed by atoms with Crippen LogP contribution in [0.2, 0.25) is 0 Å². The Labute approximate surface area is 216 Å². The fourth-order valence-corrected chi connectivity index (χ4v) is 5.45. The van der Waals surface area contributed by atoms with Gasteiger partial charge in [0.05, 0.1) is 59.7 Å². The Bertz CT molecular complexity index is 524. The van der Waals surface area contributed by atoms with Crippen molar-refractivity contribution < 1.29 is 32.5 Å². The summed E-state index contributed by atoms with van der Waals surface area (Å²) in [5.74, 6) is 0. The molecule has 0 amide bonds. The zero-order valence-corrected chi connectivity index (χ0v) is 24.1. The number of unbranched alkanes of at least 4 members (excludes halogenated alkanes) is 13. The molecule has 0 spiro atoms. The summed E-state index contributed by atoms with van der Waals surface area (Å²) in [7, 11) is 0.302. The van der Waals surface area contributed by atoms with E-state index in [1.54, 1.807) is 0 Å². The minimum atomic E-state index is -4.02. The van der Waals surface area contributed by atoms with Gasteiger partial charge in [-0.25, -0.2) is 4.57 Å². The van der Waals surface area contributed by atoms with Gasteiger partial charge in [-0.15, -0.1) is 0 Å². The molecule has 1 rings (SSSR count). The number of quaternary nitrogens is 1. The van der Waals surface area contributed by atoms with Crippen molar-refractivity contribution in [3.8, 4) is 0 Å². The molecule has 0 aromatic carbocycles. The number of phosphoric ester groups is 1. The van der Waals surface area contributed by atoms with E-state index in [0.717, 1.165) is 43.4 Å². The van der Waals surface area contributed by atoms with Gasteiger partial charge in [-0.05, 0) is 6.42 Å². The van der Waals surface area contributed by atoms with Crippen molar-refractivity contribution in [3.63, 3.8) is 0 Å². The first-order valence-electron chi connectivity index (χ1n) is 14.5. The molecule has 1 fully saturated rings. The number of likely N-dealkylation sites (tertiary alicyclic amines) is 1. The summed E-state index contributed by atoms with van der Waals surface area (Å²) < 4.78 is 34.4. The number of hydrogen-bond donors (Lipinski definition) is 1. The van der Waals surface area contributed by atoms with Crippen molar-refractivity contribution in [1.82, 2.24) is 0 Å². The Morgan fingerprint density at radius 1 is 0.686 bits per heavy atom. The first-order valence-corrected chi connectivity index (χ1v) is 16.0. The molecule has 7 nitrogen and oxygen atoms in total. The number of ether oxygens (including phenoxy) is 2. The van der Waals surface area contributed by atoms with Crippen LogP contribution < -0.4 is 0 Å². The zero-order chi connectivity index (χ0) is 25.7. The van der Waals surface area contributed by atoms with Crippen molar-refractivity contribution in [1.29, 1.82) is 0 Å². The number of nitrogens with zero attached hydrogens (tertiary/aromatic N) is 1. The minimum absolute atomic E-state index is 0.0427. The van der Waals surface area contributed by atoms with Gasteiger partial charge in [-0.1, -0.05) is 90.4 Å². The van der Waals surface area contributed by atoms with Gasteiger partial charge < -0.3 is 18.9 Å². The van der Waals surface area contributed by atoms with Crippen molar-refractivity contribution in [2.75, 3.05) is 60.2 Å². The fraction of sp³-hybridized carbons (Fsp3) is 1.00. The molecule has 1 saturated heterocycles. The topological polar surface area (TPSA) is 74.2 Å². The van der Waals surface area contributed by atoms with Crippen molar-refractivity contribution in [2.24, 2.45) is 0 Å². The molecule has 8 heteroatoms. The van der Waals surface area contributed by atoms with Gasteiger partial charge in [-0.3, -0.25) is 9.05 Å². The van der Waals surface area contributed by atoms with Crippen molar-refractivity contribution in [2.45, 2.75) is 116 Å². The summed E-state index contributed by atoms with van der Waals surface area (Å²) in [4.78, 5) is 9.88. The summed E-state index contributed by atoms with van der Waals surface area (Å²) in [6.07, 6.45) is 20.3. The maximum Gasteiger partial charge on any atom is 0.472 e. The van der Waals surface area contributed by atoms with E-state index >= 15 is 0 Å². The molecule has 1 aliphatic rings. The maximum atomic E-state index is 12.1. The molecule has 0 aromatic heterocycles. The first-order chi connectivity index (χ1) is 16.8. The number of piperidine rings is 1. The highest BCUT2D eigenvalue weighted by atomic mass is 31.2. The lowest BCUT2D eigenvalue weighted by molar-refractivity contribution is -0.896. The molecule has 1 atom stereocenters. The van der Waals surface area contributed by atoms with Crippen LogP contribution in [0.3, 0.4) is 0 Å². The quantitative estimate of drug-likeness (QED) is 0.0847. The highest BCUT2D eigenvalue weighted by molar-refractivity contribution is 7.47. The van der Waals surface area contributed by atoms with E-state index in [9.17, 15) is 9.46 Å². The van der Waals surface area contributed by atoms with E-state index in [1.165, 1.54) is 83.5 Å². The molecule has 0 bridgehead atoms. The van der Waals surface area contributed by atoms with Crippen LogP contribution in [-0.4, -0.2) is 75.7 Å². The average Bonchev–Trinajstić information content (AvgIpc) is 2.81. The van der Waals surface area contributed by atoms with Crippen molar-refractivity contribution in [3.05, 3.63) is 0 Å². The van der Waals surface area contributed by atoms with Crippen LogP contribution in [0.5, 0.6) is 0 Å². The third-order valence-electron chi connectivity index (χ3n) is 6.89. The van der Waals surface area contributed by atoms with E-state index in [-0.39, 0.29) is 19.3 Å². The largest absolute Gasteiger partial charge is 0.472 e. The van der Waals surface area contributed by atoms with Gasteiger partial charge in [0.25, 0.3) is 0 Å². The lowest BCUT2D eigenvalue weighted by Crippen LogP contribution is -2.47. The van der Waals surface area contributed by atoms with Crippen molar-refractivity contribution >= 4 is 7.82 Å². The van der Waals surface area contributed by atoms with E-state index in [4.69, 9.17) is 18.5 Å². The lowest BCUT2D eigenvalue weighted by atomic mass is 10.0. The molecule has 1 aliphatic heterocycles. The molecule has 210 valence electrons. The van der Waals surface area contributed by atoms with Crippen LogP contribution in [0.4, 0.5) is 0 Å². The second kappa shape index (κ2) is 21.0. The normalized spacial score (nSPS) is 18.1. The van der Waals surface area contributed by atoms with E-state index in [0.29, 0.717) is 13.2 Å². The Morgan fingerprint density at radius 2 is 1.11 bits per heavy atom. The average molecular weight is 523 g/mol. The van der Waals surface area contributed by atoms with Gasteiger partial charge in [0.2, 0.25) is 0 Å². The Morgan fingerprint density at radius 3 is 1.63 bits per heavy atom. The molecule has 1 unspecified atom stereocenters. The van der Waals surface area contributed by atoms with Crippen LogP contribution >= 0.6 is 7.82 Å². The Balaban J connectivity index is 1.77. The predicted octanol–water partition coefficient (Wildman–Crippen LogP) is 6.87. The summed E-state index contributed by atoms with van der Waals surface area (Å²) in [6.45, 7) is 6.23. The molecule has 0 radical (unpaired) electrons. The third kappa shape index (κ3) is 20.7. The third-order valence-corrected chi connectivity index (χ3v) is 7.96. The standard InChI is InChI=1S/C27H56NO6P/c1-4-5-6-7-8-9-10-11-12-13-14-15-16-17-22-31-23-24-32-25-26-33-35(29,30)34-27-18-20-28(2,3)21-19-27/h27H,4-26H2,1-3H3/p+1. The highest BCUT2D eigenvalue weighted by Gasteiger charge is 2.32. The number of hydrogen-bond acceptors (Lipinski definition) is 5. The van der Waals surface area contributed by atoms with Crippen LogP contribution in [0.25, 0.3) is 0 Å². The molecular weight excluding hydrogens is 465 g/mol. The number of rotatable bonds is 24. The van der Waals surface area contributed by atoms with Crippen LogP contribution in [0, 0.1) is 0 Å². The monoisotopic (exact) mass is 522 g/mol. The van der Waals surface area contributed by atoms with Crippen LogP contribution in [-0.2, 0) is 23.1 Å². The Kier molecular flexibility index (Phi) is 19.8. The minimum Gasteiger partial charge on any atom is -0.379 e. The van der Waals surface area contributed by atoms with E-state index in [1.807, 2.05) is 0 Å². The second-order valence-corrected chi connectivity index (χ2v) is 12.2. The molecule has 0 aromatic rings. The highest BCUT2D eigenvalue weighted by Crippen LogP contribution is 2.46. The van der Waals surface area contributed by atoms with E-state index < -0.39 is 7.82 Å². The van der Waals surface area contributed by atoms with Crippen LogP contribution in [0.15, 0.2) is 0 Å². The predicted molar refractivity (Wildman–Crippen MR) is 144 cm³/mol. The van der Waals surface area contributed by atoms with E-state index in [2.05, 4.69) is 21.0 Å². The summed E-state index contributed by atoms with van der Waals surface area (Å²) in [5, 5.41) is 0. The van der Waals surface area contributed by atoms with Crippen LogP contribution in [0.1, 0.15) is 110 Å². The summed E-state index contributed by atoms with van der Waals surface area (Å²) >= 11 is 0. The van der Waals surface area contributed by atoms with Gasteiger partial charge in [0.1, 0.15) is 0 Å². The fourth-order valence-electron chi connectivity index (χ4n) is 4.50. The molecule has 0 aliphatic carbocycles. The molecule has 0 saturated carbocycles. The number of phosphoric acid groups is 1. The van der Waals surface area contributed by atoms with Gasteiger partial charge in [0.15, 0.2) is 0 Å². The SMILES string of the molecule is CCCCCCCCCCCCCCCCOCCOCCOP(=O)(O)OC1CC[N+](C)(C)CC1. The van der Waals surface area contributed by atoms with Gasteiger partial charge >= 0.3 is 7.82 Å². The molecular formula is C27H57NO6P+. The zero-order valence-electron chi connectivity index (χ0n) is 23.2. The first kappa shape index (κ1) is 33.0. The molecule has 35 heavy (non-hydrogen) atoms. The second-order valence-electron chi connectivity index (χ2n) is 10.8. The molecule has 1 N–H and O–H groups in total. The van der Waals surface area contributed by atoms with Gasteiger partial charge in [-0.2, -0.15) is 0 Å². The summed E-state index contributed by atoms with van der Waals surface area (Å²) in [6, 6.07) is 0. The maximum absolute atomic E-state index is 12.1.